The van der Waals surface area contributed by atoms with Crippen LogP contribution in [0.5, 0.6) is 0 Å². The van der Waals surface area contributed by atoms with Crippen LogP contribution in [0.4, 0.5) is 5.69 Å². The van der Waals surface area contributed by atoms with Gasteiger partial charge >= 0.3 is 0 Å². The lowest BCUT2D eigenvalue weighted by molar-refractivity contribution is -0.119. The number of benzene rings is 2. The number of carbonyl (C=O) groups excluding carboxylic acids is 2. The van der Waals surface area contributed by atoms with Crippen LogP contribution < -0.4 is 5.32 Å². The molecule has 0 bridgehead atoms. The first-order valence-electron chi connectivity index (χ1n) is 13.4. The molecule has 2 aliphatic rings. The van der Waals surface area contributed by atoms with E-state index >= 15 is 0 Å². The van der Waals surface area contributed by atoms with Crippen LogP contribution >= 0.6 is 11.3 Å². The minimum atomic E-state index is -0.533. The molecular weight excluding hydrogens is 496 g/mol. The molecule has 0 aliphatic carbocycles. The van der Waals surface area contributed by atoms with Crippen LogP contribution in [0.2, 0.25) is 0 Å². The summed E-state index contributed by atoms with van der Waals surface area (Å²) >= 11 is 1.57. The van der Waals surface area contributed by atoms with Crippen molar-refractivity contribution < 1.29 is 14.3 Å². The van der Waals surface area contributed by atoms with Crippen molar-refractivity contribution in [2.24, 2.45) is 0 Å². The number of hydrogen-bond acceptors (Lipinski definition) is 6. The number of likely N-dealkylation sites (N-methyl/N-ethyl adjacent to an activating group) is 1. The summed E-state index contributed by atoms with van der Waals surface area (Å²) in [6.07, 6.45) is 0. The van der Waals surface area contributed by atoms with E-state index in [2.05, 4.69) is 34.2 Å². The third-order valence-corrected chi connectivity index (χ3v) is 8.57. The van der Waals surface area contributed by atoms with Gasteiger partial charge in [-0.3, -0.25) is 14.5 Å². The fourth-order valence-electron chi connectivity index (χ4n) is 5.52. The van der Waals surface area contributed by atoms with Crippen LogP contribution in [0.1, 0.15) is 45.2 Å². The molecule has 0 unspecified atom stereocenters. The van der Waals surface area contributed by atoms with Gasteiger partial charge in [0.05, 0.1) is 18.6 Å². The largest absolute Gasteiger partial charge is 0.383 e. The lowest BCUT2D eigenvalue weighted by atomic mass is 9.81. The standard InChI is InChI=1S/C30H36N4O3S/c1-3-32-14-16-33(17-15-32)21-22-10-12-23(13-11-22)31-29(35)27-24-7-4-5-8-25(24)30(36)34(18-19-37-2)28(27)26-9-6-20-38-26/h4-13,20,27-28H,3,14-19,21H2,1-2H3,(H,31,35)/t27-,28-/m1/s1. The Hall–Kier alpha value is -3.04. The van der Waals surface area contributed by atoms with Crippen molar-refractivity contribution in [2.75, 3.05) is 58.3 Å². The van der Waals surface area contributed by atoms with Crippen LogP contribution in [0.25, 0.3) is 0 Å². The number of methoxy groups -OCH3 is 1. The molecule has 3 heterocycles. The topological polar surface area (TPSA) is 65.1 Å². The molecule has 1 N–H and O–H groups in total. The van der Waals surface area contributed by atoms with Crippen molar-refractivity contribution in [1.82, 2.24) is 14.7 Å². The summed E-state index contributed by atoms with van der Waals surface area (Å²) in [4.78, 5) is 35.2. The Kier molecular flexibility index (Phi) is 8.54. The molecule has 1 saturated heterocycles. The van der Waals surface area contributed by atoms with Gasteiger partial charge in [0.2, 0.25) is 5.91 Å². The normalized spacial score (nSPS) is 20.4. The molecule has 0 saturated carbocycles. The highest BCUT2D eigenvalue weighted by molar-refractivity contribution is 7.10. The number of fused-ring (bicyclic) bond motifs is 1. The Balaban J connectivity index is 1.36. The summed E-state index contributed by atoms with van der Waals surface area (Å²) in [6.45, 7) is 9.44. The van der Waals surface area contributed by atoms with Gasteiger partial charge in [-0.1, -0.05) is 43.3 Å². The summed E-state index contributed by atoms with van der Waals surface area (Å²) in [5.41, 5.74) is 3.35. The number of anilines is 1. The number of ether oxygens (including phenoxy) is 1. The van der Waals surface area contributed by atoms with E-state index in [1.165, 1.54) is 5.56 Å². The Morgan fingerprint density at radius 2 is 1.74 bits per heavy atom. The van der Waals surface area contributed by atoms with Gasteiger partial charge in [0.1, 0.15) is 0 Å². The lowest BCUT2D eigenvalue weighted by Gasteiger charge is -2.41. The third-order valence-electron chi connectivity index (χ3n) is 7.63. The second kappa shape index (κ2) is 12.2. The molecule has 5 rings (SSSR count). The van der Waals surface area contributed by atoms with E-state index in [0.717, 1.165) is 55.4 Å². The zero-order chi connectivity index (χ0) is 26.5. The Labute approximate surface area is 229 Å². The molecular formula is C30H36N4O3S. The molecule has 3 aromatic rings. The third kappa shape index (κ3) is 5.68. The van der Waals surface area contributed by atoms with E-state index in [9.17, 15) is 9.59 Å². The van der Waals surface area contributed by atoms with Gasteiger partial charge < -0.3 is 19.9 Å². The van der Waals surface area contributed by atoms with Crippen LogP contribution in [-0.4, -0.2) is 79.5 Å². The number of rotatable bonds is 9. The van der Waals surface area contributed by atoms with E-state index in [0.29, 0.717) is 18.7 Å². The monoisotopic (exact) mass is 532 g/mol. The van der Waals surface area contributed by atoms with Gasteiger partial charge in [-0.05, 0) is 47.3 Å². The molecule has 7 nitrogen and oxygen atoms in total. The summed E-state index contributed by atoms with van der Waals surface area (Å²) in [7, 11) is 1.63. The Morgan fingerprint density at radius 1 is 1.00 bits per heavy atom. The van der Waals surface area contributed by atoms with Gasteiger partial charge in [-0.25, -0.2) is 0 Å². The van der Waals surface area contributed by atoms with Crippen molar-refractivity contribution in [3.05, 3.63) is 87.6 Å². The molecule has 38 heavy (non-hydrogen) atoms. The molecule has 2 aromatic carbocycles. The number of thiophene rings is 1. The number of hydrogen-bond donors (Lipinski definition) is 1. The van der Waals surface area contributed by atoms with Crippen molar-refractivity contribution in [1.29, 1.82) is 0 Å². The fraction of sp³-hybridized carbons (Fsp3) is 0.400. The highest BCUT2D eigenvalue weighted by Gasteiger charge is 2.44. The Bertz CT molecular complexity index is 1220. The predicted octanol–water partition coefficient (Wildman–Crippen LogP) is 4.45. The number of amides is 2. The molecule has 2 amide bonds. The first-order valence-corrected chi connectivity index (χ1v) is 14.2. The van der Waals surface area contributed by atoms with Crippen molar-refractivity contribution in [2.45, 2.75) is 25.4 Å². The van der Waals surface area contributed by atoms with Crippen molar-refractivity contribution in [3.8, 4) is 0 Å². The smallest absolute Gasteiger partial charge is 0.254 e. The van der Waals surface area contributed by atoms with E-state index in [4.69, 9.17) is 4.74 Å². The molecule has 2 atom stereocenters. The summed E-state index contributed by atoms with van der Waals surface area (Å²) < 4.78 is 5.32. The molecule has 2 aliphatic heterocycles. The van der Waals surface area contributed by atoms with Crippen LogP contribution in [-0.2, 0) is 16.1 Å². The average Bonchev–Trinajstić information content (AvgIpc) is 3.48. The van der Waals surface area contributed by atoms with Crippen LogP contribution in [0.15, 0.2) is 66.0 Å². The molecule has 1 aromatic heterocycles. The van der Waals surface area contributed by atoms with Crippen LogP contribution in [0.3, 0.4) is 0 Å². The first-order chi connectivity index (χ1) is 18.6. The number of carbonyl (C=O) groups is 2. The van der Waals surface area contributed by atoms with E-state index in [1.807, 2.05) is 53.9 Å². The molecule has 0 radical (unpaired) electrons. The highest BCUT2D eigenvalue weighted by atomic mass is 32.1. The maximum Gasteiger partial charge on any atom is 0.254 e. The second-order valence-electron chi connectivity index (χ2n) is 9.91. The van der Waals surface area contributed by atoms with Crippen molar-refractivity contribution in [3.63, 3.8) is 0 Å². The van der Waals surface area contributed by atoms with Gasteiger partial charge in [-0.2, -0.15) is 0 Å². The molecule has 1 fully saturated rings. The minimum absolute atomic E-state index is 0.0655. The summed E-state index contributed by atoms with van der Waals surface area (Å²) in [5, 5.41) is 5.15. The average molecular weight is 533 g/mol. The first kappa shape index (κ1) is 26.6. The zero-order valence-corrected chi connectivity index (χ0v) is 23.0. The Morgan fingerprint density at radius 3 is 2.42 bits per heavy atom. The van der Waals surface area contributed by atoms with Gasteiger partial charge in [0, 0.05) is 62.5 Å². The van der Waals surface area contributed by atoms with Crippen molar-refractivity contribution >= 4 is 28.8 Å². The number of piperazine rings is 1. The zero-order valence-electron chi connectivity index (χ0n) is 22.1. The molecule has 0 spiro atoms. The van der Waals surface area contributed by atoms with Gasteiger partial charge in [0.15, 0.2) is 0 Å². The SMILES string of the molecule is CCN1CCN(Cc2ccc(NC(=O)[C@@H]3c4ccccc4C(=O)N(CCOC)[C@@H]3c3cccs3)cc2)CC1. The number of nitrogens with zero attached hydrogens (tertiary/aromatic N) is 3. The minimum Gasteiger partial charge on any atom is -0.383 e. The fourth-order valence-corrected chi connectivity index (χ4v) is 6.40. The highest BCUT2D eigenvalue weighted by Crippen LogP contribution is 2.44. The second-order valence-corrected chi connectivity index (χ2v) is 10.9. The number of nitrogens with one attached hydrogen (secondary N) is 1. The summed E-state index contributed by atoms with van der Waals surface area (Å²) in [6, 6.07) is 19.2. The predicted molar refractivity (Wildman–Crippen MR) is 152 cm³/mol. The van der Waals surface area contributed by atoms with E-state index in [-0.39, 0.29) is 11.8 Å². The molecule has 8 heteroatoms. The van der Waals surface area contributed by atoms with E-state index < -0.39 is 12.0 Å². The quantitative estimate of drug-likeness (QED) is 0.441. The van der Waals surface area contributed by atoms with Gasteiger partial charge in [0.25, 0.3) is 5.91 Å². The van der Waals surface area contributed by atoms with Crippen LogP contribution in [0, 0.1) is 0 Å². The lowest BCUT2D eigenvalue weighted by Crippen LogP contribution is -2.47. The maximum atomic E-state index is 13.9. The summed E-state index contributed by atoms with van der Waals surface area (Å²) in [5.74, 6) is -0.715. The molecule has 200 valence electrons. The van der Waals surface area contributed by atoms with E-state index in [1.54, 1.807) is 23.3 Å². The van der Waals surface area contributed by atoms with Gasteiger partial charge in [-0.15, -0.1) is 11.3 Å². The maximum absolute atomic E-state index is 13.9.